The number of carbonyl (C=O) groups excluding carboxylic acids is 5. The van der Waals surface area contributed by atoms with Crippen LogP contribution < -0.4 is 4.74 Å². The van der Waals surface area contributed by atoms with Gasteiger partial charge in [0, 0.05) is 39.1 Å². The minimum atomic E-state index is -1.45. The highest BCUT2D eigenvalue weighted by molar-refractivity contribution is 6.27. The van der Waals surface area contributed by atoms with Gasteiger partial charge in [-0.1, -0.05) is 6.08 Å². The molecule has 1 saturated heterocycles. The number of fused-ring (bicyclic) bond motifs is 6. The summed E-state index contributed by atoms with van der Waals surface area (Å²) in [5, 5.41) is 22.4. The van der Waals surface area contributed by atoms with Crippen LogP contribution in [0.5, 0.6) is 17.2 Å². The number of amides is 1. The van der Waals surface area contributed by atoms with Crippen LogP contribution in [-0.2, 0) is 28.7 Å². The Morgan fingerprint density at radius 2 is 1.69 bits per heavy atom. The van der Waals surface area contributed by atoms with Crippen molar-refractivity contribution < 1.29 is 48.4 Å². The Bertz CT molecular complexity index is 1640. The van der Waals surface area contributed by atoms with Crippen LogP contribution >= 0.6 is 0 Å². The van der Waals surface area contributed by atoms with Gasteiger partial charge in [0.1, 0.15) is 18.4 Å². The predicted octanol–water partition coefficient (Wildman–Crippen LogP) is 1.94. The van der Waals surface area contributed by atoms with Crippen LogP contribution in [0.4, 0.5) is 0 Å². The molecule has 2 bridgehead atoms. The molecule has 4 aliphatic rings. The second kappa shape index (κ2) is 9.98. The average molecular weight is 579 g/mol. The van der Waals surface area contributed by atoms with E-state index in [-0.39, 0.29) is 56.2 Å². The average Bonchev–Trinajstić information content (AvgIpc) is 2.96. The number of nitrogens with zero attached hydrogens (tertiary/aromatic N) is 2. The zero-order valence-electron chi connectivity index (χ0n) is 24.1. The fourth-order valence-electron chi connectivity index (χ4n) is 6.18. The number of piperazine rings is 1. The van der Waals surface area contributed by atoms with Crippen molar-refractivity contribution in [1.29, 1.82) is 0 Å². The Balaban J connectivity index is 1.79. The minimum Gasteiger partial charge on any atom is -0.507 e. The van der Waals surface area contributed by atoms with Gasteiger partial charge in [0.2, 0.25) is 5.78 Å². The Morgan fingerprint density at radius 3 is 2.29 bits per heavy atom. The first-order valence-corrected chi connectivity index (χ1v) is 13.1. The first kappa shape index (κ1) is 28.8. The Kier molecular flexibility index (Phi) is 6.85. The van der Waals surface area contributed by atoms with Gasteiger partial charge in [-0.25, -0.2) is 4.79 Å². The van der Waals surface area contributed by atoms with E-state index >= 15 is 0 Å². The quantitative estimate of drug-likeness (QED) is 0.173. The molecule has 12 nitrogen and oxygen atoms in total. The SMILES string of the molecule is C/C=C(/C)C(=O)OC[C@H]1C2=C(C=C3[C@@H]4c5c(O)c(OC)c(C)c(O)c5C(=O)[C@H](C(=O)N31)N4C)C(=O)C(C)=C(OC)C2=O. The number of phenolic OH excluding ortho intramolecular Hbond substituents is 2. The summed E-state index contributed by atoms with van der Waals surface area (Å²) >= 11 is 0. The summed E-state index contributed by atoms with van der Waals surface area (Å²) in [6.07, 6.45) is 2.91. The van der Waals surface area contributed by atoms with Crippen molar-refractivity contribution in [2.45, 2.75) is 45.8 Å². The lowest BCUT2D eigenvalue weighted by molar-refractivity contribution is -0.147. The number of aromatic hydroxyl groups is 2. The van der Waals surface area contributed by atoms with Gasteiger partial charge < -0.3 is 29.3 Å². The number of esters is 1. The van der Waals surface area contributed by atoms with Gasteiger partial charge in [0.15, 0.2) is 34.9 Å². The number of Topliss-reactive ketones (excluding diaryl/α,β-unsaturated/α-hetero) is 3. The zero-order chi connectivity index (χ0) is 30.9. The van der Waals surface area contributed by atoms with E-state index in [1.54, 1.807) is 6.92 Å². The van der Waals surface area contributed by atoms with E-state index < -0.39 is 65.5 Å². The first-order chi connectivity index (χ1) is 19.8. The van der Waals surface area contributed by atoms with Gasteiger partial charge >= 0.3 is 5.97 Å². The minimum absolute atomic E-state index is 0.0218. The summed E-state index contributed by atoms with van der Waals surface area (Å²) in [6, 6.07) is -3.79. The van der Waals surface area contributed by atoms with Crippen LogP contribution in [0.1, 0.15) is 48.3 Å². The number of ketones is 3. The van der Waals surface area contributed by atoms with E-state index in [0.717, 1.165) is 0 Å². The van der Waals surface area contributed by atoms with Gasteiger partial charge in [-0.2, -0.15) is 0 Å². The molecule has 3 atom stereocenters. The van der Waals surface area contributed by atoms with E-state index in [2.05, 4.69) is 0 Å². The number of hydrogen-bond donors (Lipinski definition) is 2. The molecule has 3 heterocycles. The molecule has 0 aromatic heterocycles. The van der Waals surface area contributed by atoms with E-state index in [4.69, 9.17) is 14.2 Å². The second-order valence-electron chi connectivity index (χ2n) is 10.5. The number of benzene rings is 1. The number of rotatable bonds is 5. The number of methoxy groups -OCH3 is 2. The largest absolute Gasteiger partial charge is 0.507 e. The molecule has 2 N–H and O–H groups in total. The zero-order valence-corrected chi connectivity index (χ0v) is 24.1. The van der Waals surface area contributed by atoms with Crippen molar-refractivity contribution in [3.8, 4) is 17.2 Å². The highest BCUT2D eigenvalue weighted by Crippen LogP contribution is 2.55. The highest BCUT2D eigenvalue weighted by Gasteiger charge is 2.58. The molecule has 1 aromatic carbocycles. The van der Waals surface area contributed by atoms with E-state index in [1.165, 1.54) is 64.0 Å². The van der Waals surface area contributed by atoms with Gasteiger partial charge in [0.25, 0.3) is 5.91 Å². The number of hydrogen-bond acceptors (Lipinski definition) is 11. The van der Waals surface area contributed by atoms with Crippen molar-refractivity contribution in [3.63, 3.8) is 0 Å². The summed E-state index contributed by atoms with van der Waals surface area (Å²) in [5.41, 5.74) is 0.186. The second-order valence-corrected chi connectivity index (χ2v) is 10.5. The van der Waals surface area contributed by atoms with Gasteiger partial charge in [0.05, 0.1) is 25.8 Å². The van der Waals surface area contributed by atoms with Crippen molar-refractivity contribution >= 4 is 29.2 Å². The molecule has 0 radical (unpaired) electrons. The van der Waals surface area contributed by atoms with Gasteiger partial charge in [-0.15, -0.1) is 0 Å². The summed E-state index contributed by atoms with van der Waals surface area (Å²) in [6.45, 7) is 5.58. The lowest BCUT2D eigenvalue weighted by atomic mass is 9.75. The number of phenols is 2. The van der Waals surface area contributed by atoms with E-state index in [9.17, 15) is 34.2 Å². The monoisotopic (exact) mass is 578 g/mol. The van der Waals surface area contributed by atoms with Gasteiger partial charge in [-0.3, -0.25) is 24.1 Å². The van der Waals surface area contributed by atoms with Crippen LogP contribution in [-0.4, -0.2) is 89.2 Å². The van der Waals surface area contributed by atoms with Crippen molar-refractivity contribution in [1.82, 2.24) is 9.80 Å². The fourth-order valence-corrected chi connectivity index (χ4v) is 6.18. The predicted molar refractivity (Wildman–Crippen MR) is 146 cm³/mol. The Hall–Kier alpha value is -4.71. The molecule has 3 aliphatic heterocycles. The maximum Gasteiger partial charge on any atom is 0.333 e. The third-order valence-corrected chi connectivity index (χ3v) is 8.42. The molecule has 12 heteroatoms. The molecule has 1 aliphatic carbocycles. The lowest BCUT2D eigenvalue weighted by Gasteiger charge is -2.52. The number of carbonyl (C=O) groups is 5. The van der Waals surface area contributed by atoms with Crippen LogP contribution in [0.2, 0.25) is 0 Å². The summed E-state index contributed by atoms with van der Waals surface area (Å²) in [5.74, 6) is -4.56. The molecular weight excluding hydrogens is 548 g/mol. The number of likely N-dealkylation sites (N-methyl/N-ethyl adjacent to an activating group) is 1. The Labute approximate surface area is 241 Å². The van der Waals surface area contributed by atoms with Crippen molar-refractivity contribution in [2.75, 3.05) is 27.9 Å². The molecule has 220 valence electrons. The molecule has 1 amide bonds. The topological polar surface area (TPSA) is 160 Å². The molecule has 0 saturated carbocycles. The normalized spacial score (nSPS) is 23.9. The van der Waals surface area contributed by atoms with Crippen molar-refractivity contribution in [3.05, 3.63) is 62.6 Å². The van der Waals surface area contributed by atoms with E-state index in [1.807, 2.05) is 0 Å². The van der Waals surface area contributed by atoms with Crippen LogP contribution in [0, 0.1) is 6.92 Å². The maximum absolute atomic E-state index is 14.2. The van der Waals surface area contributed by atoms with Crippen LogP contribution in [0.25, 0.3) is 0 Å². The maximum atomic E-state index is 14.2. The summed E-state index contributed by atoms with van der Waals surface area (Å²) in [4.78, 5) is 70.5. The lowest BCUT2D eigenvalue weighted by Crippen LogP contribution is -2.65. The summed E-state index contributed by atoms with van der Waals surface area (Å²) in [7, 11) is 4.05. The van der Waals surface area contributed by atoms with Crippen LogP contribution in [0.15, 0.2) is 45.9 Å². The standard InChI is InChI=1S/C30H30N2O10/c1-8-11(2)30(39)42-10-16-17-14(22(33)12(3)27(40-6)25(17)36)9-15-20-18-19(23(34)13(4)28(41-7)26(18)37)24(35)21(31(20)5)29(38)32(15)16/h8-9,16,20-21,34,37H,10H2,1-7H3/b11-8-/t16-,20+,21+/m0/s1. The number of ether oxygens (including phenoxy) is 3. The molecule has 1 aromatic rings. The molecule has 42 heavy (non-hydrogen) atoms. The summed E-state index contributed by atoms with van der Waals surface area (Å²) < 4.78 is 16.1. The number of allylic oxidation sites excluding steroid dienone is 5. The molecule has 0 unspecified atom stereocenters. The third-order valence-electron chi connectivity index (χ3n) is 8.42. The molecular formula is C30H30N2O10. The third kappa shape index (κ3) is 3.67. The van der Waals surface area contributed by atoms with E-state index in [0.29, 0.717) is 0 Å². The molecule has 5 rings (SSSR count). The smallest absolute Gasteiger partial charge is 0.333 e. The molecule has 1 fully saturated rings. The van der Waals surface area contributed by atoms with Crippen LogP contribution in [0.3, 0.4) is 0 Å². The first-order valence-electron chi connectivity index (χ1n) is 13.1. The highest BCUT2D eigenvalue weighted by atomic mass is 16.5. The fraction of sp³-hybridized carbons (Fsp3) is 0.367. The molecule has 0 spiro atoms. The Morgan fingerprint density at radius 1 is 1.02 bits per heavy atom. The van der Waals surface area contributed by atoms with Crippen molar-refractivity contribution in [2.24, 2.45) is 0 Å². The van der Waals surface area contributed by atoms with Gasteiger partial charge in [-0.05, 0) is 40.8 Å².